The molecule has 0 unspecified atom stereocenters. The molecule has 1 amide bonds. The number of carbonyl (C=O) groups is 1. The van der Waals surface area contributed by atoms with Crippen molar-refractivity contribution in [3.05, 3.63) is 41.5 Å². The number of amides is 1. The van der Waals surface area contributed by atoms with Crippen molar-refractivity contribution >= 4 is 17.8 Å². The van der Waals surface area contributed by atoms with E-state index in [0.717, 1.165) is 5.56 Å². The van der Waals surface area contributed by atoms with Crippen molar-refractivity contribution in [3.8, 4) is 0 Å². The lowest BCUT2D eigenvalue weighted by Gasteiger charge is -1.98. The minimum Gasteiger partial charge on any atom is -0.384 e. The second-order valence-electron chi connectivity index (χ2n) is 2.77. The lowest BCUT2D eigenvalue weighted by molar-refractivity contribution is -0.113. The monoisotopic (exact) mass is 189 g/mol. The SMILES string of the molecule is N=C(N)c1cccc(/C=C/C(N)=O)c1. The number of hydrogen-bond acceptors (Lipinski definition) is 2. The Morgan fingerprint density at radius 1 is 1.36 bits per heavy atom. The van der Waals surface area contributed by atoms with Gasteiger partial charge in [-0.3, -0.25) is 10.2 Å². The van der Waals surface area contributed by atoms with E-state index in [1.807, 2.05) is 0 Å². The first-order valence-corrected chi connectivity index (χ1v) is 4.01. The molecule has 1 aromatic carbocycles. The molecule has 0 fully saturated rings. The van der Waals surface area contributed by atoms with Crippen LogP contribution in [0.3, 0.4) is 0 Å². The number of benzene rings is 1. The number of nitrogen functional groups attached to an aromatic ring is 1. The number of amidine groups is 1. The Hall–Kier alpha value is -2.10. The van der Waals surface area contributed by atoms with E-state index in [2.05, 4.69) is 0 Å². The van der Waals surface area contributed by atoms with Gasteiger partial charge in [-0.1, -0.05) is 18.2 Å². The molecule has 0 aliphatic heterocycles. The third-order valence-corrected chi connectivity index (χ3v) is 1.64. The number of nitrogens with one attached hydrogen (secondary N) is 1. The smallest absolute Gasteiger partial charge is 0.241 e. The number of carbonyl (C=O) groups excluding carboxylic acids is 1. The van der Waals surface area contributed by atoms with Gasteiger partial charge in [-0.2, -0.15) is 0 Å². The highest BCUT2D eigenvalue weighted by molar-refractivity contribution is 5.96. The second-order valence-corrected chi connectivity index (χ2v) is 2.77. The summed E-state index contributed by atoms with van der Waals surface area (Å²) in [6, 6.07) is 7.00. The quantitative estimate of drug-likeness (QED) is 0.366. The van der Waals surface area contributed by atoms with Crippen molar-refractivity contribution in [3.63, 3.8) is 0 Å². The third-order valence-electron chi connectivity index (χ3n) is 1.64. The molecule has 5 N–H and O–H groups in total. The summed E-state index contributed by atoms with van der Waals surface area (Å²) in [7, 11) is 0. The molecular formula is C10H11N3O. The van der Waals surface area contributed by atoms with Crippen LogP contribution in [-0.4, -0.2) is 11.7 Å². The first-order valence-electron chi connectivity index (χ1n) is 4.01. The fraction of sp³-hybridized carbons (Fsp3) is 0. The van der Waals surface area contributed by atoms with Crippen LogP contribution >= 0.6 is 0 Å². The molecule has 0 aromatic heterocycles. The molecule has 0 aliphatic carbocycles. The molecule has 1 aromatic rings. The first kappa shape index (κ1) is 9.98. The minimum atomic E-state index is -0.502. The van der Waals surface area contributed by atoms with Crippen molar-refractivity contribution < 1.29 is 4.79 Å². The van der Waals surface area contributed by atoms with E-state index in [-0.39, 0.29) is 5.84 Å². The Morgan fingerprint density at radius 2 is 2.07 bits per heavy atom. The van der Waals surface area contributed by atoms with Crippen molar-refractivity contribution in [1.29, 1.82) is 5.41 Å². The van der Waals surface area contributed by atoms with Crippen molar-refractivity contribution in [2.75, 3.05) is 0 Å². The molecule has 0 bridgehead atoms. The van der Waals surface area contributed by atoms with Gasteiger partial charge in [0, 0.05) is 11.6 Å². The average molecular weight is 189 g/mol. The number of nitrogens with two attached hydrogens (primary N) is 2. The number of rotatable bonds is 3. The van der Waals surface area contributed by atoms with E-state index in [9.17, 15) is 4.79 Å². The molecule has 0 heterocycles. The highest BCUT2D eigenvalue weighted by Gasteiger charge is 1.95. The molecule has 4 heteroatoms. The van der Waals surface area contributed by atoms with Crippen LogP contribution in [0.25, 0.3) is 6.08 Å². The third kappa shape index (κ3) is 2.75. The van der Waals surface area contributed by atoms with Gasteiger partial charge in [-0.05, 0) is 17.7 Å². The molecule has 0 saturated carbocycles. The summed E-state index contributed by atoms with van der Waals surface area (Å²) in [6.07, 6.45) is 2.84. The van der Waals surface area contributed by atoms with Crippen LogP contribution in [0.4, 0.5) is 0 Å². The maximum atomic E-state index is 10.5. The van der Waals surface area contributed by atoms with E-state index in [4.69, 9.17) is 16.9 Å². The van der Waals surface area contributed by atoms with Crippen LogP contribution in [-0.2, 0) is 4.79 Å². The van der Waals surface area contributed by atoms with Crippen molar-refractivity contribution in [1.82, 2.24) is 0 Å². The summed E-state index contributed by atoms with van der Waals surface area (Å²) in [5.41, 5.74) is 11.7. The minimum absolute atomic E-state index is 0.000625. The largest absolute Gasteiger partial charge is 0.384 e. The van der Waals surface area contributed by atoms with Crippen molar-refractivity contribution in [2.45, 2.75) is 0 Å². The number of primary amides is 1. The Labute approximate surface area is 81.7 Å². The molecule has 1 rings (SSSR count). The zero-order valence-electron chi connectivity index (χ0n) is 7.53. The van der Waals surface area contributed by atoms with Gasteiger partial charge in [0.1, 0.15) is 5.84 Å². The predicted molar refractivity (Wildman–Crippen MR) is 55.7 cm³/mol. The standard InChI is InChI=1S/C10H11N3O/c11-9(14)5-4-7-2-1-3-8(6-7)10(12)13/h1-6H,(H2,11,14)(H3,12,13)/b5-4+. The van der Waals surface area contributed by atoms with Crippen LogP contribution in [0.1, 0.15) is 11.1 Å². The Morgan fingerprint density at radius 3 is 2.64 bits per heavy atom. The Balaban J connectivity index is 2.94. The summed E-state index contributed by atoms with van der Waals surface area (Å²) in [5, 5.41) is 7.21. The van der Waals surface area contributed by atoms with Crippen molar-refractivity contribution in [2.24, 2.45) is 11.5 Å². The topological polar surface area (TPSA) is 93.0 Å². The predicted octanol–water partition coefficient (Wildman–Crippen LogP) is 0.469. The highest BCUT2D eigenvalue weighted by Crippen LogP contribution is 2.06. The summed E-state index contributed by atoms with van der Waals surface area (Å²) in [5.74, 6) is -0.502. The van der Waals surface area contributed by atoms with Crippen LogP contribution in [0.5, 0.6) is 0 Å². The molecule has 0 spiro atoms. The maximum Gasteiger partial charge on any atom is 0.241 e. The zero-order valence-corrected chi connectivity index (χ0v) is 7.53. The van der Waals surface area contributed by atoms with Gasteiger partial charge >= 0.3 is 0 Å². The highest BCUT2D eigenvalue weighted by atomic mass is 16.1. The molecule has 4 nitrogen and oxygen atoms in total. The van der Waals surface area contributed by atoms with E-state index in [1.165, 1.54) is 6.08 Å². The fourth-order valence-electron chi connectivity index (χ4n) is 0.988. The summed E-state index contributed by atoms with van der Waals surface area (Å²) >= 11 is 0. The van der Waals surface area contributed by atoms with E-state index < -0.39 is 5.91 Å². The molecule has 0 radical (unpaired) electrons. The molecule has 0 saturated heterocycles. The number of hydrogen-bond donors (Lipinski definition) is 3. The summed E-state index contributed by atoms with van der Waals surface area (Å²) < 4.78 is 0. The lowest BCUT2D eigenvalue weighted by Crippen LogP contribution is -2.10. The first-order chi connectivity index (χ1) is 6.59. The van der Waals surface area contributed by atoms with Gasteiger partial charge in [-0.15, -0.1) is 0 Å². The van der Waals surface area contributed by atoms with Crippen LogP contribution in [0.2, 0.25) is 0 Å². The van der Waals surface area contributed by atoms with Crippen LogP contribution in [0, 0.1) is 5.41 Å². The van der Waals surface area contributed by atoms with E-state index in [0.29, 0.717) is 5.56 Å². The van der Waals surface area contributed by atoms with Gasteiger partial charge in [0.25, 0.3) is 0 Å². The fourth-order valence-corrected chi connectivity index (χ4v) is 0.988. The van der Waals surface area contributed by atoms with Gasteiger partial charge in [-0.25, -0.2) is 0 Å². The summed E-state index contributed by atoms with van der Waals surface area (Å²) in [4.78, 5) is 10.5. The Kier molecular flexibility index (Phi) is 3.01. The normalized spacial score (nSPS) is 10.3. The Bertz CT molecular complexity index is 396. The molecule has 14 heavy (non-hydrogen) atoms. The zero-order chi connectivity index (χ0) is 10.6. The lowest BCUT2D eigenvalue weighted by atomic mass is 10.1. The van der Waals surface area contributed by atoms with E-state index >= 15 is 0 Å². The summed E-state index contributed by atoms with van der Waals surface area (Å²) in [6.45, 7) is 0. The van der Waals surface area contributed by atoms with Gasteiger partial charge in [0.15, 0.2) is 0 Å². The van der Waals surface area contributed by atoms with Gasteiger partial charge in [0.2, 0.25) is 5.91 Å². The maximum absolute atomic E-state index is 10.5. The van der Waals surface area contributed by atoms with Gasteiger partial charge in [0.05, 0.1) is 0 Å². The molecule has 0 aliphatic rings. The molecular weight excluding hydrogens is 178 g/mol. The van der Waals surface area contributed by atoms with Crippen LogP contribution in [0.15, 0.2) is 30.3 Å². The van der Waals surface area contributed by atoms with Gasteiger partial charge < -0.3 is 11.5 Å². The van der Waals surface area contributed by atoms with Crippen LogP contribution < -0.4 is 11.5 Å². The molecule has 72 valence electrons. The second kappa shape index (κ2) is 4.23. The molecule has 0 atom stereocenters. The average Bonchev–Trinajstić information content (AvgIpc) is 2.15. The van der Waals surface area contributed by atoms with E-state index in [1.54, 1.807) is 30.3 Å².